The molecule has 1 aliphatic heterocycles. The lowest BCUT2D eigenvalue weighted by Gasteiger charge is -2.35. The number of hydrogen-bond donors (Lipinski definition) is 1. The Morgan fingerprint density at radius 3 is 2.89 bits per heavy atom. The molecule has 18 heavy (non-hydrogen) atoms. The number of hydrogen-bond acceptors (Lipinski definition) is 3. The molecule has 0 aromatic heterocycles. The second-order valence-electron chi connectivity index (χ2n) is 5.25. The van der Waals surface area contributed by atoms with Crippen LogP contribution in [0, 0.1) is 5.92 Å². The van der Waals surface area contributed by atoms with Crippen molar-refractivity contribution in [2.45, 2.75) is 18.8 Å². The zero-order chi connectivity index (χ0) is 13.0. The number of nitrogens with two attached hydrogens (primary N) is 1. The highest BCUT2D eigenvalue weighted by Crippen LogP contribution is 2.35. The van der Waals surface area contributed by atoms with Crippen molar-refractivity contribution < 1.29 is 4.74 Å². The summed E-state index contributed by atoms with van der Waals surface area (Å²) < 4.78 is 5.48. The third-order valence-electron chi connectivity index (χ3n) is 4.02. The molecule has 1 saturated heterocycles. The Kier molecular flexibility index (Phi) is 4.61. The molecule has 0 aliphatic carbocycles. The predicted octanol–water partition coefficient (Wildman–Crippen LogP) is 2.08. The molecule has 100 valence electrons. The maximum absolute atomic E-state index is 6.03. The molecule has 1 aromatic carbocycles. The van der Waals surface area contributed by atoms with Gasteiger partial charge in [0.2, 0.25) is 0 Å². The van der Waals surface area contributed by atoms with Crippen molar-refractivity contribution in [2.24, 2.45) is 11.7 Å². The average Bonchev–Trinajstić information content (AvgIpc) is 2.40. The second-order valence-corrected chi connectivity index (χ2v) is 5.25. The van der Waals surface area contributed by atoms with Crippen molar-refractivity contribution in [1.82, 2.24) is 4.90 Å². The first-order chi connectivity index (χ1) is 8.76. The number of para-hydroxylation sites is 1. The van der Waals surface area contributed by atoms with Gasteiger partial charge in [-0.25, -0.2) is 0 Å². The van der Waals surface area contributed by atoms with E-state index in [1.54, 1.807) is 7.11 Å². The first kappa shape index (κ1) is 13.4. The minimum atomic E-state index is 0.406. The Bertz CT molecular complexity index is 381. The number of methoxy groups -OCH3 is 1. The van der Waals surface area contributed by atoms with Gasteiger partial charge in [0, 0.05) is 12.5 Å². The molecule has 2 N–H and O–H groups in total. The van der Waals surface area contributed by atoms with Crippen LogP contribution in [0.3, 0.4) is 0 Å². The Hall–Kier alpha value is -1.06. The largest absolute Gasteiger partial charge is 0.496 e. The maximum atomic E-state index is 6.03. The Morgan fingerprint density at radius 1 is 1.44 bits per heavy atom. The molecule has 3 heteroatoms. The fourth-order valence-electron chi connectivity index (χ4n) is 3.08. The Morgan fingerprint density at radius 2 is 2.22 bits per heavy atom. The van der Waals surface area contributed by atoms with Crippen LogP contribution in [-0.2, 0) is 0 Å². The zero-order valence-electron chi connectivity index (χ0n) is 11.4. The van der Waals surface area contributed by atoms with Gasteiger partial charge < -0.3 is 15.4 Å². The van der Waals surface area contributed by atoms with E-state index < -0.39 is 0 Å². The molecule has 1 aromatic rings. The van der Waals surface area contributed by atoms with Crippen LogP contribution >= 0.6 is 0 Å². The molecule has 2 unspecified atom stereocenters. The van der Waals surface area contributed by atoms with Crippen LogP contribution in [0.2, 0.25) is 0 Å². The van der Waals surface area contributed by atoms with Crippen molar-refractivity contribution in [2.75, 3.05) is 33.8 Å². The maximum Gasteiger partial charge on any atom is 0.122 e. The summed E-state index contributed by atoms with van der Waals surface area (Å²) in [5, 5.41) is 0. The van der Waals surface area contributed by atoms with E-state index in [1.807, 2.05) is 12.1 Å². The summed E-state index contributed by atoms with van der Waals surface area (Å²) in [6.07, 6.45) is 2.54. The number of rotatable bonds is 4. The van der Waals surface area contributed by atoms with E-state index in [1.165, 1.54) is 24.9 Å². The first-order valence-corrected chi connectivity index (χ1v) is 6.77. The molecule has 0 saturated carbocycles. The number of likely N-dealkylation sites (tertiary alicyclic amines) is 1. The molecule has 2 atom stereocenters. The van der Waals surface area contributed by atoms with Crippen molar-refractivity contribution >= 4 is 0 Å². The molecule has 2 rings (SSSR count). The molecule has 0 bridgehead atoms. The SMILES string of the molecule is COc1ccccc1C(CN)C1CCCN(C)C1. The minimum Gasteiger partial charge on any atom is -0.496 e. The van der Waals surface area contributed by atoms with Gasteiger partial charge in [-0.05, 0) is 50.5 Å². The Labute approximate surface area is 110 Å². The molecule has 0 spiro atoms. The van der Waals surface area contributed by atoms with Crippen LogP contribution in [0.5, 0.6) is 5.75 Å². The van der Waals surface area contributed by atoms with Crippen LogP contribution in [0.15, 0.2) is 24.3 Å². The predicted molar refractivity (Wildman–Crippen MR) is 75.0 cm³/mol. The van der Waals surface area contributed by atoms with Gasteiger partial charge >= 0.3 is 0 Å². The van der Waals surface area contributed by atoms with Crippen LogP contribution in [0.4, 0.5) is 0 Å². The normalized spacial score (nSPS) is 22.7. The number of nitrogens with zero attached hydrogens (tertiary/aromatic N) is 1. The van der Waals surface area contributed by atoms with Gasteiger partial charge in [0.05, 0.1) is 7.11 Å². The standard InChI is InChI=1S/C15H24N2O/c1-17-9-5-6-12(11-17)14(10-16)13-7-3-4-8-15(13)18-2/h3-4,7-8,12,14H,5-6,9-11,16H2,1-2H3. The summed E-state index contributed by atoms with van der Waals surface area (Å²) >= 11 is 0. The summed E-state index contributed by atoms with van der Waals surface area (Å²) in [6, 6.07) is 8.28. The summed E-state index contributed by atoms with van der Waals surface area (Å²) in [5.74, 6) is 2.02. The topological polar surface area (TPSA) is 38.5 Å². The van der Waals surface area contributed by atoms with E-state index in [2.05, 4.69) is 24.1 Å². The third-order valence-corrected chi connectivity index (χ3v) is 4.02. The van der Waals surface area contributed by atoms with Crippen molar-refractivity contribution in [3.63, 3.8) is 0 Å². The molecule has 3 nitrogen and oxygen atoms in total. The lowest BCUT2D eigenvalue weighted by molar-refractivity contribution is 0.187. The number of piperidine rings is 1. The second kappa shape index (κ2) is 6.21. The van der Waals surface area contributed by atoms with Crippen LogP contribution in [-0.4, -0.2) is 38.7 Å². The van der Waals surface area contributed by atoms with Gasteiger partial charge in [-0.3, -0.25) is 0 Å². The molecular weight excluding hydrogens is 224 g/mol. The van der Waals surface area contributed by atoms with E-state index in [-0.39, 0.29) is 0 Å². The van der Waals surface area contributed by atoms with Crippen molar-refractivity contribution in [1.29, 1.82) is 0 Å². The lowest BCUT2D eigenvalue weighted by atomic mass is 9.81. The van der Waals surface area contributed by atoms with Crippen LogP contribution in [0.1, 0.15) is 24.3 Å². The quantitative estimate of drug-likeness (QED) is 0.886. The monoisotopic (exact) mass is 248 g/mol. The van der Waals surface area contributed by atoms with Gasteiger partial charge in [-0.1, -0.05) is 18.2 Å². The number of benzene rings is 1. The van der Waals surface area contributed by atoms with E-state index >= 15 is 0 Å². The van der Waals surface area contributed by atoms with Crippen molar-refractivity contribution in [3.8, 4) is 5.75 Å². The van der Waals surface area contributed by atoms with E-state index in [0.29, 0.717) is 18.4 Å². The van der Waals surface area contributed by atoms with Gasteiger partial charge in [-0.2, -0.15) is 0 Å². The average molecular weight is 248 g/mol. The van der Waals surface area contributed by atoms with E-state index in [0.717, 1.165) is 12.3 Å². The first-order valence-electron chi connectivity index (χ1n) is 6.77. The van der Waals surface area contributed by atoms with E-state index in [9.17, 15) is 0 Å². The smallest absolute Gasteiger partial charge is 0.122 e. The van der Waals surface area contributed by atoms with Gasteiger partial charge in [0.15, 0.2) is 0 Å². The Balaban J connectivity index is 2.21. The molecule has 0 radical (unpaired) electrons. The summed E-state index contributed by atoms with van der Waals surface area (Å²) in [5.41, 5.74) is 7.30. The van der Waals surface area contributed by atoms with E-state index in [4.69, 9.17) is 10.5 Å². The highest BCUT2D eigenvalue weighted by Gasteiger charge is 2.27. The van der Waals surface area contributed by atoms with Gasteiger partial charge in [-0.15, -0.1) is 0 Å². The zero-order valence-corrected chi connectivity index (χ0v) is 11.4. The molecule has 0 amide bonds. The summed E-state index contributed by atoms with van der Waals surface area (Å²) in [7, 11) is 3.93. The lowest BCUT2D eigenvalue weighted by Crippen LogP contribution is -2.37. The summed E-state index contributed by atoms with van der Waals surface area (Å²) in [4.78, 5) is 2.41. The fourth-order valence-corrected chi connectivity index (χ4v) is 3.08. The molecule has 1 aliphatic rings. The highest BCUT2D eigenvalue weighted by molar-refractivity contribution is 5.37. The van der Waals surface area contributed by atoms with Crippen LogP contribution in [0.25, 0.3) is 0 Å². The molecule has 1 heterocycles. The molecule has 1 fully saturated rings. The summed E-state index contributed by atoms with van der Waals surface area (Å²) in [6.45, 7) is 3.04. The van der Waals surface area contributed by atoms with Crippen molar-refractivity contribution in [3.05, 3.63) is 29.8 Å². The van der Waals surface area contributed by atoms with Gasteiger partial charge in [0.1, 0.15) is 5.75 Å². The fraction of sp³-hybridized carbons (Fsp3) is 0.600. The third kappa shape index (κ3) is 2.85. The van der Waals surface area contributed by atoms with Gasteiger partial charge in [0.25, 0.3) is 0 Å². The molecular formula is C15H24N2O. The minimum absolute atomic E-state index is 0.406. The number of ether oxygens (including phenoxy) is 1. The highest BCUT2D eigenvalue weighted by atomic mass is 16.5. The van der Waals surface area contributed by atoms with Crippen LogP contribution < -0.4 is 10.5 Å².